The van der Waals surface area contributed by atoms with Crippen molar-refractivity contribution < 1.29 is 4.39 Å². The van der Waals surface area contributed by atoms with Gasteiger partial charge in [-0.3, -0.25) is 0 Å². The molecule has 1 unspecified atom stereocenters. The summed E-state index contributed by atoms with van der Waals surface area (Å²) in [5, 5.41) is 3.07. The van der Waals surface area contributed by atoms with E-state index in [1.165, 1.54) is 6.07 Å². The molecule has 1 aromatic carbocycles. The van der Waals surface area contributed by atoms with Gasteiger partial charge in [-0.25, -0.2) is 4.39 Å². The minimum atomic E-state index is -0.157. The third kappa shape index (κ3) is 2.51. The van der Waals surface area contributed by atoms with E-state index in [0.717, 1.165) is 16.5 Å². The molecule has 1 N–H and O–H groups in total. The fourth-order valence-electron chi connectivity index (χ4n) is 1.36. The van der Waals surface area contributed by atoms with Crippen LogP contribution >= 0.6 is 15.9 Å². The second-order valence-corrected chi connectivity index (χ2v) is 3.83. The zero-order valence-electron chi connectivity index (χ0n) is 7.77. The Bertz CT molecular complexity index is 284. The Morgan fingerprint density at radius 1 is 1.54 bits per heavy atom. The van der Waals surface area contributed by atoms with Crippen molar-refractivity contribution in [1.82, 2.24) is 5.32 Å². The summed E-state index contributed by atoms with van der Waals surface area (Å²) in [6.45, 7) is 2.03. The van der Waals surface area contributed by atoms with E-state index in [9.17, 15) is 4.39 Å². The maximum atomic E-state index is 13.4. The summed E-state index contributed by atoms with van der Waals surface area (Å²) in [6.07, 6.45) is 0.884. The summed E-state index contributed by atoms with van der Waals surface area (Å²) in [5.74, 6) is -0.157. The van der Waals surface area contributed by atoms with Crippen molar-refractivity contribution in [2.45, 2.75) is 19.4 Å². The molecule has 0 heterocycles. The molecule has 0 aromatic heterocycles. The maximum absolute atomic E-state index is 13.4. The van der Waals surface area contributed by atoms with Crippen LogP contribution in [0.15, 0.2) is 22.7 Å². The number of rotatable bonds is 3. The third-order valence-electron chi connectivity index (χ3n) is 2.09. The topological polar surface area (TPSA) is 12.0 Å². The van der Waals surface area contributed by atoms with E-state index in [0.29, 0.717) is 0 Å². The van der Waals surface area contributed by atoms with E-state index < -0.39 is 0 Å². The van der Waals surface area contributed by atoms with Gasteiger partial charge in [0, 0.05) is 16.1 Å². The Hall–Kier alpha value is -0.410. The molecule has 3 heteroatoms. The number of benzene rings is 1. The molecule has 0 amide bonds. The predicted molar refractivity (Wildman–Crippen MR) is 56.2 cm³/mol. The lowest BCUT2D eigenvalue weighted by atomic mass is 10.0. The van der Waals surface area contributed by atoms with Crippen LogP contribution in [0.1, 0.15) is 24.9 Å². The molecule has 0 aliphatic heterocycles. The van der Waals surface area contributed by atoms with Crippen LogP contribution in [0.5, 0.6) is 0 Å². The Labute approximate surface area is 86.5 Å². The van der Waals surface area contributed by atoms with Crippen LogP contribution < -0.4 is 5.32 Å². The highest BCUT2D eigenvalue weighted by molar-refractivity contribution is 9.10. The predicted octanol–water partition coefficient (Wildman–Crippen LogP) is 3.26. The van der Waals surface area contributed by atoms with E-state index in [-0.39, 0.29) is 11.9 Å². The standard InChI is InChI=1S/C10H13BrFN/c1-3-10(13-2)8-5-4-7(11)6-9(8)12/h4-6,10,13H,3H2,1-2H3. The molecular weight excluding hydrogens is 233 g/mol. The minimum absolute atomic E-state index is 0.105. The van der Waals surface area contributed by atoms with Crippen molar-refractivity contribution in [2.24, 2.45) is 0 Å². The van der Waals surface area contributed by atoms with Crippen LogP contribution in [0.3, 0.4) is 0 Å². The Balaban J connectivity index is 2.99. The van der Waals surface area contributed by atoms with Crippen molar-refractivity contribution >= 4 is 15.9 Å². The largest absolute Gasteiger partial charge is 0.313 e. The first-order valence-corrected chi connectivity index (χ1v) is 5.10. The van der Waals surface area contributed by atoms with Crippen molar-refractivity contribution in [3.05, 3.63) is 34.1 Å². The van der Waals surface area contributed by atoms with E-state index >= 15 is 0 Å². The quantitative estimate of drug-likeness (QED) is 0.863. The van der Waals surface area contributed by atoms with Gasteiger partial charge in [0.25, 0.3) is 0 Å². The molecule has 13 heavy (non-hydrogen) atoms. The first kappa shape index (κ1) is 10.7. The highest BCUT2D eigenvalue weighted by Crippen LogP contribution is 2.22. The van der Waals surface area contributed by atoms with Crippen LogP contribution in [0.2, 0.25) is 0 Å². The maximum Gasteiger partial charge on any atom is 0.129 e. The summed E-state index contributed by atoms with van der Waals surface area (Å²) in [4.78, 5) is 0. The van der Waals surface area contributed by atoms with Crippen LogP contribution in [-0.2, 0) is 0 Å². The lowest BCUT2D eigenvalue weighted by Crippen LogP contribution is -2.16. The first-order chi connectivity index (χ1) is 6.19. The van der Waals surface area contributed by atoms with Crippen LogP contribution in [-0.4, -0.2) is 7.05 Å². The molecule has 0 bridgehead atoms. The number of hydrogen-bond acceptors (Lipinski definition) is 1. The van der Waals surface area contributed by atoms with Crippen LogP contribution in [0.25, 0.3) is 0 Å². The van der Waals surface area contributed by atoms with Crippen molar-refractivity contribution in [3.8, 4) is 0 Å². The smallest absolute Gasteiger partial charge is 0.129 e. The molecule has 1 nitrogen and oxygen atoms in total. The Morgan fingerprint density at radius 2 is 2.23 bits per heavy atom. The average Bonchev–Trinajstić information content (AvgIpc) is 2.10. The second-order valence-electron chi connectivity index (χ2n) is 2.92. The van der Waals surface area contributed by atoms with Crippen molar-refractivity contribution in [2.75, 3.05) is 7.05 Å². The molecule has 0 aliphatic rings. The van der Waals surface area contributed by atoms with Gasteiger partial charge in [0.2, 0.25) is 0 Å². The third-order valence-corrected chi connectivity index (χ3v) is 2.59. The molecule has 1 aromatic rings. The van der Waals surface area contributed by atoms with Crippen molar-refractivity contribution in [3.63, 3.8) is 0 Å². The van der Waals surface area contributed by atoms with Gasteiger partial charge in [-0.05, 0) is 25.6 Å². The lowest BCUT2D eigenvalue weighted by molar-refractivity contribution is 0.525. The molecule has 72 valence electrons. The molecule has 0 aliphatic carbocycles. The number of halogens is 2. The molecule has 0 saturated heterocycles. The fourth-order valence-corrected chi connectivity index (χ4v) is 1.70. The number of hydrogen-bond donors (Lipinski definition) is 1. The van der Waals surface area contributed by atoms with Gasteiger partial charge in [-0.1, -0.05) is 28.9 Å². The monoisotopic (exact) mass is 245 g/mol. The molecular formula is C10H13BrFN. The molecule has 1 atom stereocenters. The minimum Gasteiger partial charge on any atom is -0.313 e. The van der Waals surface area contributed by atoms with Crippen LogP contribution in [0, 0.1) is 5.82 Å². The van der Waals surface area contributed by atoms with Gasteiger partial charge in [-0.15, -0.1) is 0 Å². The molecule has 0 saturated carbocycles. The van der Waals surface area contributed by atoms with Gasteiger partial charge in [0.15, 0.2) is 0 Å². The van der Waals surface area contributed by atoms with E-state index in [4.69, 9.17) is 0 Å². The van der Waals surface area contributed by atoms with Gasteiger partial charge in [0.05, 0.1) is 0 Å². The zero-order valence-corrected chi connectivity index (χ0v) is 9.36. The summed E-state index contributed by atoms with van der Waals surface area (Å²) in [5.41, 5.74) is 0.730. The molecule has 0 radical (unpaired) electrons. The first-order valence-electron chi connectivity index (χ1n) is 4.31. The number of nitrogens with one attached hydrogen (secondary N) is 1. The lowest BCUT2D eigenvalue weighted by Gasteiger charge is -2.14. The van der Waals surface area contributed by atoms with E-state index in [1.54, 1.807) is 0 Å². The Morgan fingerprint density at radius 3 is 2.69 bits per heavy atom. The summed E-state index contributed by atoms with van der Waals surface area (Å²) in [7, 11) is 1.84. The van der Waals surface area contributed by atoms with Gasteiger partial charge < -0.3 is 5.32 Å². The highest BCUT2D eigenvalue weighted by atomic mass is 79.9. The normalized spacial score (nSPS) is 12.9. The molecule has 0 spiro atoms. The summed E-state index contributed by atoms with van der Waals surface area (Å²) in [6, 6.07) is 5.27. The van der Waals surface area contributed by atoms with Crippen molar-refractivity contribution in [1.29, 1.82) is 0 Å². The van der Waals surface area contributed by atoms with Gasteiger partial charge in [0.1, 0.15) is 5.82 Å². The fraction of sp³-hybridized carbons (Fsp3) is 0.400. The average molecular weight is 246 g/mol. The van der Waals surface area contributed by atoms with E-state index in [2.05, 4.69) is 21.2 Å². The van der Waals surface area contributed by atoms with E-state index in [1.807, 2.05) is 26.1 Å². The zero-order chi connectivity index (χ0) is 9.84. The summed E-state index contributed by atoms with van der Waals surface area (Å²) < 4.78 is 14.2. The van der Waals surface area contributed by atoms with Gasteiger partial charge in [-0.2, -0.15) is 0 Å². The Kier molecular flexibility index (Phi) is 3.88. The highest BCUT2D eigenvalue weighted by Gasteiger charge is 2.11. The molecule has 1 rings (SSSR count). The van der Waals surface area contributed by atoms with Crippen LogP contribution in [0.4, 0.5) is 4.39 Å². The molecule has 0 fully saturated rings. The van der Waals surface area contributed by atoms with Gasteiger partial charge >= 0.3 is 0 Å². The SMILES string of the molecule is CCC(NC)c1ccc(Br)cc1F. The second kappa shape index (κ2) is 4.72. The summed E-state index contributed by atoms with van der Waals surface area (Å²) >= 11 is 3.23.